The zero-order valence-corrected chi connectivity index (χ0v) is 22.1. The molecule has 3 heterocycles. The lowest BCUT2D eigenvalue weighted by Crippen LogP contribution is -2.29. The minimum absolute atomic E-state index is 0.321. The van der Waals surface area contributed by atoms with Gasteiger partial charge in [-0.15, -0.1) is 0 Å². The zero-order valence-electron chi connectivity index (χ0n) is 20.5. The maximum atomic E-state index is 12.0. The maximum Gasteiger partial charge on any atom is 0.337 e. The van der Waals surface area contributed by atoms with Crippen molar-refractivity contribution in [1.82, 2.24) is 10.3 Å². The third-order valence-electron chi connectivity index (χ3n) is 6.03. The Labute approximate surface area is 225 Å². The van der Waals surface area contributed by atoms with Crippen LogP contribution in [0.4, 0.5) is 11.4 Å². The molecule has 0 unspecified atom stereocenters. The highest BCUT2D eigenvalue weighted by Crippen LogP contribution is 2.43. The van der Waals surface area contributed by atoms with Crippen molar-refractivity contribution in [2.75, 3.05) is 23.0 Å². The average Bonchev–Trinajstić information content (AvgIpc) is 3.53. The fourth-order valence-electron chi connectivity index (χ4n) is 4.41. The Morgan fingerprint density at radius 3 is 2.55 bits per heavy atom. The summed E-state index contributed by atoms with van der Waals surface area (Å²) in [6, 6.07) is 22.6. The summed E-state index contributed by atoms with van der Waals surface area (Å²) in [5, 5.41) is 3.84. The molecule has 38 heavy (non-hydrogen) atoms. The Kier molecular flexibility index (Phi) is 6.87. The number of carbonyl (C=O) groups is 1. The predicted molar refractivity (Wildman–Crippen MR) is 148 cm³/mol. The number of methoxy groups -OCH3 is 1. The third kappa shape index (κ3) is 5.24. The summed E-state index contributed by atoms with van der Waals surface area (Å²) in [6.45, 7) is 0. The van der Waals surface area contributed by atoms with Crippen molar-refractivity contribution in [2.45, 2.75) is 12.1 Å². The Balaban J connectivity index is 1.54. The standard InChI is InChI=1S/C27H24N4O5S2/c1-35-26(32)18-7-5-6-17(16-18)22-13-14-23(36-22)25-24(21-8-3-4-15-28-21)29-27(37)31(25)20-11-9-19(10-12-20)30-38(2,33)34/h3-16,24-25,30H,1-2H3,(H,29,37)/t24-,25+/m0/s1. The summed E-state index contributed by atoms with van der Waals surface area (Å²) >= 11 is 5.74. The van der Waals surface area contributed by atoms with Gasteiger partial charge < -0.3 is 19.4 Å². The van der Waals surface area contributed by atoms with Crippen molar-refractivity contribution in [3.63, 3.8) is 0 Å². The van der Waals surface area contributed by atoms with Crippen molar-refractivity contribution in [3.8, 4) is 11.3 Å². The van der Waals surface area contributed by atoms with Crippen LogP contribution >= 0.6 is 12.2 Å². The van der Waals surface area contributed by atoms with E-state index in [1.807, 2.05) is 41.3 Å². The molecule has 2 N–H and O–H groups in total. The van der Waals surface area contributed by atoms with Gasteiger partial charge >= 0.3 is 5.97 Å². The molecule has 11 heteroatoms. The van der Waals surface area contributed by atoms with Gasteiger partial charge in [-0.2, -0.15) is 0 Å². The Bertz CT molecular complexity index is 1590. The van der Waals surface area contributed by atoms with Gasteiger partial charge in [0, 0.05) is 23.1 Å². The van der Waals surface area contributed by atoms with Crippen LogP contribution in [0.1, 0.15) is 33.9 Å². The highest BCUT2D eigenvalue weighted by Gasteiger charge is 2.42. The second kappa shape index (κ2) is 10.3. The maximum absolute atomic E-state index is 12.0. The summed E-state index contributed by atoms with van der Waals surface area (Å²) in [7, 11) is -2.07. The molecule has 0 amide bonds. The number of aromatic nitrogens is 1. The molecular formula is C27H24N4O5S2. The van der Waals surface area contributed by atoms with E-state index in [9.17, 15) is 13.2 Å². The van der Waals surface area contributed by atoms with Gasteiger partial charge in [-0.3, -0.25) is 9.71 Å². The number of anilines is 2. The number of thiocarbonyl (C=S) groups is 1. The van der Waals surface area contributed by atoms with Crippen molar-refractivity contribution < 1.29 is 22.4 Å². The summed E-state index contributed by atoms with van der Waals surface area (Å²) in [4.78, 5) is 18.5. The van der Waals surface area contributed by atoms with Gasteiger partial charge in [0.15, 0.2) is 5.11 Å². The van der Waals surface area contributed by atoms with E-state index in [1.165, 1.54) is 7.11 Å². The molecule has 2 atom stereocenters. The molecule has 0 bridgehead atoms. The van der Waals surface area contributed by atoms with Gasteiger partial charge in [0.25, 0.3) is 0 Å². The molecular weight excluding hydrogens is 524 g/mol. The molecule has 1 aliphatic heterocycles. The van der Waals surface area contributed by atoms with Crippen LogP contribution in [-0.4, -0.2) is 37.8 Å². The third-order valence-corrected chi connectivity index (χ3v) is 6.95. The second-order valence-electron chi connectivity index (χ2n) is 8.69. The lowest BCUT2D eigenvalue weighted by atomic mass is 10.0. The van der Waals surface area contributed by atoms with Crippen LogP contribution in [0.5, 0.6) is 0 Å². The highest BCUT2D eigenvalue weighted by molar-refractivity contribution is 7.92. The molecule has 1 aliphatic rings. The first-order valence-electron chi connectivity index (χ1n) is 11.6. The monoisotopic (exact) mass is 548 g/mol. The molecule has 0 spiro atoms. The highest BCUT2D eigenvalue weighted by atomic mass is 32.2. The van der Waals surface area contributed by atoms with Gasteiger partial charge in [0.05, 0.1) is 30.7 Å². The fraction of sp³-hybridized carbons (Fsp3) is 0.148. The molecule has 0 radical (unpaired) electrons. The number of rotatable bonds is 7. The first-order valence-corrected chi connectivity index (χ1v) is 13.9. The van der Waals surface area contributed by atoms with E-state index in [4.69, 9.17) is 21.4 Å². The van der Waals surface area contributed by atoms with Crippen LogP contribution in [0.15, 0.2) is 89.5 Å². The smallest absolute Gasteiger partial charge is 0.337 e. The number of nitrogens with one attached hydrogen (secondary N) is 2. The number of esters is 1. The summed E-state index contributed by atoms with van der Waals surface area (Å²) < 4.78 is 36.9. The minimum Gasteiger partial charge on any atom is -0.465 e. The van der Waals surface area contributed by atoms with Gasteiger partial charge in [0.1, 0.15) is 17.6 Å². The molecule has 1 fully saturated rings. The number of hydrogen-bond acceptors (Lipinski definition) is 7. The second-order valence-corrected chi connectivity index (χ2v) is 10.8. The SMILES string of the molecule is COC(=O)c1cccc(-c2ccc([C@@H]3[C@H](c4ccccn4)NC(=S)N3c3ccc(NS(C)(=O)=O)cc3)o2)c1. The number of carbonyl (C=O) groups excluding carboxylic acids is 1. The molecule has 0 saturated carbocycles. The van der Waals surface area contributed by atoms with E-state index < -0.39 is 22.0 Å². The average molecular weight is 549 g/mol. The molecule has 2 aromatic heterocycles. The molecule has 9 nitrogen and oxygen atoms in total. The Morgan fingerprint density at radius 2 is 1.87 bits per heavy atom. The molecule has 4 aromatic rings. The lowest BCUT2D eigenvalue weighted by Gasteiger charge is -2.26. The summed E-state index contributed by atoms with van der Waals surface area (Å²) in [6.07, 6.45) is 2.82. The largest absolute Gasteiger partial charge is 0.465 e. The molecule has 5 rings (SSSR count). The fourth-order valence-corrected chi connectivity index (χ4v) is 5.32. The van der Waals surface area contributed by atoms with E-state index in [1.54, 1.807) is 48.7 Å². The topological polar surface area (TPSA) is 114 Å². The van der Waals surface area contributed by atoms with Crippen LogP contribution < -0.4 is 14.9 Å². The van der Waals surface area contributed by atoms with Crippen molar-refractivity contribution in [3.05, 3.63) is 102 Å². The van der Waals surface area contributed by atoms with E-state index in [-0.39, 0.29) is 6.04 Å². The van der Waals surface area contributed by atoms with Gasteiger partial charge in [-0.05, 0) is 72.9 Å². The van der Waals surface area contributed by atoms with Crippen LogP contribution in [0.2, 0.25) is 0 Å². The van der Waals surface area contributed by atoms with E-state index in [0.29, 0.717) is 27.9 Å². The van der Waals surface area contributed by atoms with Crippen molar-refractivity contribution >= 4 is 44.7 Å². The van der Waals surface area contributed by atoms with Crippen LogP contribution in [0, 0.1) is 0 Å². The number of ether oxygens (including phenoxy) is 1. The Hall–Kier alpha value is -4.22. The predicted octanol–water partition coefficient (Wildman–Crippen LogP) is 4.68. The van der Waals surface area contributed by atoms with E-state index in [2.05, 4.69) is 15.0 Å². The van der Waals surface area contributed by atoms with Gasteiger partial charge in [-0.1, -0.05) is 18.2 Å². The van der Waals surface area contributed by atoms with Crippen LogP contribution in [0.25, 0.3) is 11.3 Å². The summed E-state index contributed by atoms with van der Waals surface area (Å²) in [5.74, 6) is 0.778. The first kappa shape index (κ1) is 25.4. The number of furan rings is 1. The minimum atomic E-state index is -3.41. The molecule has 2 aromatic carbocycles. The number of nitrogens with zero attached hydrogens (tertiary/aromatic N) is 2. The van der Waals surface area contributed by atoms with Crippen molar-refractivity contribution in [2.24, 2.45) is 0 Å². The quantitative estimate of drug-likeness (QED) is 0.251. The van der Waals surface area contributed by atoms with E-state index >= 15 is 0 Å². The first-order chi connectivity index (χ1) is 18.2. The zero-order chi connectivity index (χ0) is 26.9. The number of sulfonamides is 1. The number of hydrogen-bond donors (Lipinski definition) is 2. The van der Waals surface area contributed by atoms with Gasteiger partial charge in [0.2, 0.25) is 10.0 Å². The van der Waals surface area contributed by atoms with Crippen LogP contribution in [-0.2, 0) is 14.8 Å². The normalized spacial score (nSPS) is 17.2. The number of pyridine rings is 1. The molecule has 1 saturated heterocycles. The van der Waals surface area contributed by atoms with E-state index in [0.717, 1.165) is 23.2 Å². The number of benzene rings is 2. The lowest BCUT2D eigenvalue weighted by molar-refractivity contribution is 0.0600. The van der Waals surface area contributed by atoms with Crippen LogP contribution in [0.3, 0.4) is 0 Å². The molecule has 0 aliphatic carbocycles. The van der Waals surface area contributed by atoms with Gasteiger partial charge in [-0.25, -0.2) is 13.2 Å². The Morgan fingerprint density at radius 1 is 1.08 bits per heavy atom. The summed E-state index contributed by atoms with van der Waals surface area (Å²) in [5.41, 5.74) is 3.11. The van der Waals surface area contributed by atoms with Crippen molar-refractivity contribution in [1.29, 1.82) is 0 Å². The molecule has 194 valence electrons.